The van der Waals surface area contributed by atoms with Gasteiger partial charge >= 0.3 is 0 Å². The van der Waals surface area contributed by atoms with Crippen LogP contribution in [0.15, 0.2) is 78.9 Å². The maximum absolute atomic E-state index is 5.95. The molecule has 158 valence electrons. The van der Waals surface area contributed by atoms with Crippen LogP contribution in [0.1, 0.15) is 45.4 Å². The molecule has 3 heteroatoms. The first-order valence-electron chi connectivity index (χ1n) is 11.0. The Kier molecular flexibility index (Phi) is 8.64. The van der Waals surface area contributed by atoms with E-state index in [1.807, 2.05) is 18.2 Å². The predicted octanol–water partition coefficient (Wildman–Crippen LogP) is 7.90. The molecule has 0 atom stereocenters. The van der Waals surface area contributed by atoms with Gasteiger partial charge in [0.1, 0.15) is 11.5 Å². The third kappa shape index (κ3) is 6.28. The van der Waals surface area contributed by atoms with Crippen molar-refractivity contribution >= 4 is 17.1 Å². The fraction of sp³-hybridized carbons (Fsp3) is 0.333. The second kappa shape index (κ2) is 11.9. The molecule has 30 heavy (non-hydrogen) atoms. The molecule has 0 aliphatic carbocycles. The SMILES string of the molecule is CCCCCCCCOc1ccc(N(c2ccccc2)c2ccc(OC)cc2)cc1. The summed E-state index contributed by atoms with van der Waals surface area (Å²) < 4.78 is 11.3. The highest BCUT2D eigenvalue weighted by Gasteiger charge is 2.12. The van der Waals surface area contributed by atoms with E-state index in [2.05, 4.69) is 72.5 Å². The largest absolute Gasteiger partial charge is 0.497 e. The number of methoxy groups -OCH3 is 1. The molecule has 0 aliphatic rings. The Bertz CT molecular complexity index is 844. The Morgan fingerprint density at radius 2 is 1.13 bits per heavy atom. The Hall–Kier alpha value is -2.94. The summed E-state index contributed by atoms with van der Waals surface area (Å²) in [6.07, 6.45) is 7.65. The van der Waals surface area contributed by atoms with Gasteiger partial charge in [-0.1, -0.05) is 57.2 Å². The lowest BCUT2D eigenvalue weighted by molar-refractivity contribution is 0.304. The molecule has 0 fully saturated rings. The van der Waals surface area contributed by atoms with Gasteiger partial charge in [-0.05, 0) is 67.1 Å². The van der Waals surface area contributed by atoms with Crippen molar-refractivity contribution in [2.45, 2.75) is 45.4 Å². The Morgan fingerprint density at radius 3 is 1.73 bits per heavy atom. The number of benzene rings is 3. The minimum absolute atomic E-state index is 0.784. The van der Waals surface area contributed by atoms with E-state index in [9.17, 15) is 0 Å². The summed E-state index contributed by atoms with van der Waals surface area (Å²) in [4.78, 5) is 2.23. The van der Waals surface area contributed by atoms with Crippen molar-refractivity contribution in [2.75, 3.05) is 18.6 Å². The van der Waals surface area contributed by atoms with Crippen molar-refractivity contribution in [1.29, 1.82) is 0 Å². The number of ether oxygens (including phenoxy) is 2. The van der Waals surface area contributed by atoms with Crippen LogP contribution in [0.4, 0.5) is 17.1 Å². The fourth-order valence-corrected chi connectivity index (χ4v) is 3.52. The quantitative estimate of drug-likeness (QED) is 0.287. The number of para-hydroxylation sites is 1. The third-order valence-corrected chi connectivity index (χ3v) is 5.21. The lowest BCUT2D eigenvalue weighted by Gasteiger charge is -2.25. The molecule has 0 saturated heterocycles. The molecular weight excluding hydrogens is 370 g/mol. The van der Waals surface area contributed by atoms with Crippen molar-refractivity contribution in [2.24, 2.45) is 0 Å². The van der Waals surface area contributed by atoms with E-state index in [4.69, 9.17) is 9.47 Å². The minimum atomic E-state index is 0.784. The average Bonchev–Trinajstić information content (AvgIpc) is 2.81. The van der Waals surface area contributed by atoms with Crippen molar-refractivity contribution < 1.29 is 9.47 Å². The van der Waals surface area contributed by atoms with Crippen LogP contribution in [0.2, 0.25) is 0 Å². The molecule has 0 heterocycles. The van der Waals surface area contributed by atoms with Gasteiger partial charge in [0.05, 0.1) is 13.7 Å². The fourth-order valence-electron chi connectivity index (χ4n) is 3.52. The molecule has 0 aliphatic heterocycles. The van der Waals surface area contributed by atoms with Gasteiger partial charge in [0.2, 0.25) is 0 Å². The van der Waals surface area contributed by atoms with Crippen LogP contribution in [0.25, 0.3) is 0 Å². The van der Waals surface area contributed by atoms with E-state index in [1.165, 1.54) is 32.1 Å². The Morgan fingerprint density at radius 1 is 0.600 bits per heavy atom. The topological polar surface area (TPSA) is 21.7 Å². The van der Waals surface area contributed by atoms with Crippen molar-refractivity contribution in [1.82, 2.24) is 0 Å². The van der Waals surface area contributed by atoms with E-state index in [1.54, 1.807) is 7.11 Å². The highest BCUT2D eigenvalue weighted by molar-refractivity contribution is 5.76. The summed E-state index contributed by atoms with van der Waals surface area (Å²) in [7, 11) is 1.69. The number of nitrogens with zero attached hydrogens (tertiary/aromatic N) is 1. The van der Waals surface area contributed by atoms with E-state index in [0.717, 1.165) is 41.6 Å². The van der Waals surface area contributed by atoms with Gasteiger partial charge in [-0.25, -0.2) is 0 Å². The first kappa shape index (κ1) is 21.8. The standard InChI is InChI=1S/C27H33NO2/c1-3-4-5-6-7-11-22-30-27-20-16-25(17-21-27)28(23-12-9-8-10-13-23)24-14-18-26(29-2)19-15-24/h8-10,12-21H,3-7,11,22H2,1-2H3. The normalized spacial score (nSPS) is 10.6. The summed E-state index contributed by atoms with van der Waals surface area (Å²) >= 11 is 0. The molecule has 3 aromatic carbocycles. The molecule has 0 amide bonds. The van der Waals surface area contributed by atoms with Gasteiger partial charge in [0.15, 0.2) is 0 Å². The number of hydrogen-bond acceptors (Lipinski definition) is 3. The summed E-state index contributed by atoms with van der Waals surface area (Å²) in [5, 5.41) is 0. The molecule has 0 unspecified atom stereocenters. The highest BCUT2D eigenvalue weighted by Crippen LogP contribution is 2.35. The molecular formula is C27H33NO2. The summed E-state index contributed by atoms with van der Waals surface area (Å²) in [6, 6.07) is 26.9. The van der Waals surface area contributed by atoms with Crippen molar-refractivity contribution in [3.8, 4) is 11.5 Å². The van der Waals surface area contributed by atoms with Gasteiger partial charge in [-0.2, -0.15) is 0 Å². The number of hydrogen-bond donors (Lipinski definition) is 0. The monoisotopic (exact) mass is 403 g/mol. The van der Waals surface area contributed by atoms with Gasteiger partial charge in [0, 0.05) is 17.1 Å². The van der Waals surface area contributed by atoms with Crippen LogP contribution in [0.3, 0.4) is 0 Å². The van der Waals surface area contributed by atoms with Gasteiger partial charge in [0.25, 0.3) is 0 Å². The number of anilines is 3. The van der Waals surface area contributed by atoms with Crippen molar-refractivity contribution in [3.63, 3.8) is 0 Å². The smallest absolute Gasteiger partial charge is 0.119 e. The molecule has 3 rings (SSSR count). The zero-order valence-corrected chi connectivity index (χ0v) is 18.2. The Balaban J connectivity index is 1.67. The van der Waals surface area contributed by atoms with Gasteiger partial charge < -0.3 is 14.4 Å². The molecule has 0 aromatic heterocycles. The van der Waals surface area contributed by atoms with Crippen molar-refractivity contribution in [3.05, 3.63) is 78.9 Å². The van der Waals surface area contributed by atoms with Crippen LogP contribution < -0.4 is 14.4 Å². The van der Waals surface area contributed by atoms with Gasteiger partial charge in [-0.15, -0.1) is 0 Å². The second-order valence-electron chi connectivity index (χ2n) is 7.48. The zero-order chi connectivity index (χ0) is 21.0. The van der Waals surface area contributed by atoms with Crippen LogP contribution >= 0.6 is 0 Å². The first-order chi connectivity index (χ1) is 14.8. The molecule has 3 aromatic rings. The molecule has 0 saturated carbocycles. The summed E-state index contributed by atoms with van der Waals surface area (Å²) in [6.45, 7) is 3.03. The van der Waals surface area contributed by atoms with E-state index < -0.39 is 0 Å². The maximum atomic E-state index is 5.95. The van der Waals surface area contributed by atoms with Gasteiger partial charge in [-0.3, -0.25) is 0 Å². The van der Waals surface area contributed by atoms with E-state index in [-0.39, 0.29) is 0 Å². The summed E-state index contributed by atoms with van der Waals surface area (Å²) in [5.74, 6) is 1.78. The first-order valence-corrected chi connectivity index (χ1v) is 11.0. The Labute approximate surface area is 181 Å². The van der Waals surface area contributed by atoms with E-state index in [0.29, 0.717) is 0 Å². The number of rotatable bonds is 12. The zero-order valence-electron chi connectivity index (χ0n) is 18.2. The predicted molar refractivity (Wildman–Crippen MR) is 127 cm³/mol. The van der Waals surface area contributed by atoms with Crippen LogP contribution in [0, 0.1) is 0 Å². The number of unbranched alkanes of at least 4 members (excludes halogenated alkanes) is 5. The minimum Gasteiger partial charge on any atom is -0.497 e. The maximum Gasteiger partial charge on any atom is 0.119 e. The molecule has 3 nitrogen and oxygen atoms in total. The average molecular weight is 404 g/mol. The lowest BCUT2D eigenvalue weighted by Crippen LogP contribution is -2.09. The molecule has 0 N–H and O–H groups in total. The van der Waals surface area contributed by atoms with Crippen LogP contribution in [-0.4, -0.2) is 13.7 Å². The van der Waals surface area contributed by atoms with Crippen LogP contribution in [0.5, 0.6) is 11.5 Å². The lowest BCUT2D eigenvalue weighted by atomic mass is 10.1. The van der Waals surface area contributed by atoms with E-state index >= 15 is 0 Å². The van der Waals surface area contributed by atoms with Crippen LogP contribution in [-0.2, 0) is 0 Å². The third-order valence-electron chi connectivity index (χ3n) is 5.21. The molecule has 0 radical (unpaired) electrons. The second-order valence-corrected chi connectivity index (χ2v) is 7.48. The molecule has 0 spiro atoms. The highest BCUT2D eigenvalue weighted by atomic mass is 16.5. The molecule has 0 bridgehead atoms. The summed E-state index contributed by atoms with van der Waals surface area (Å²) in [5.41, 5.74) is 3.30.